The van der Waals surface area contributed by atoms with Gasteiger partial charge in [-0.15, -0.1) is 0 Å². The predicted molar refractivity (Wildman–Crippen MR) is 83.4 cm³/mol. The molecule has 0 bridgehead atoms. The van der Waals surface area contributed by atoms with Crippen LogP contribution in [0.1, 0.15) is 22.7 Å². The number of methoxy groups -OCH3 is 1. The first kappa shape index (κ1) is 14.6. The average molecular weight is 297 g/mol. The Morgan fingerprint density at radius 2 is 2.05 bits per heavy atom. The molecule has 1 aliphatic heterocycles. The van der Waals surface area contributed by atoms with Gasteiger partial charge in [0.25, 0.3) is 0 Å². The van der Waals surface area contributed by atoms with Crippen LogP contribution in [0.3, 0.4) is 0 Å². The second-order valence-corrected chi connectivity index (χ2v) is 5.51. The van der Waals surface area contributed by atoms with Gasteiger partial charge in [0.2, 0.25) is 0 Å². The Bertz CT molecular complexity index is 669. The molecule has 4 nitrogen and oxygen atoms in total. The lowest BCUT2D eigenvalue weighted by Gasteiger charge is -2.35. The number of nitrogens with zero attached hydrogens (tertiary/aromatic N) is 1. The Morgan fingerprint density at radius 1 is 1.27 bits per heavy atom. The molecule has 2 aromatic carbocycles. The van der Waals surface area contributed by atoms with Crippen molar-refractivity contribution in [3.63, 3.8) is 0 Å². The van der Waals surface area contributed by atoms with Gasteiger partial charge in [-0.3, -0.25) is 4.90 Å². The number of rotatable bonds is 3. The number of fused-ring (bicyclic) bond motifs is 1. The summed E-state index contributed by atoms with van der Waals surface area (Å²) in [6, 6.07) is 14.8. The van der Waals surface area contributed by atoms with E-state index in [4.69, 9.17) is 4.74 Å². The third kappa shape index (κ3) is 2.83. The first-order valence-electron chi connectivity index (χ1n) is 7.36. The highest BCUT2D eigenvalue weighted by Gasteiger charge is 2.34. The molecule has 0 spiro atoms. The molecule has 3 rings (SSSR count). The fourth-order valence-electron chi connectivity index (χ4n) is 3.03. The summed E-state index contributed by atoms with van der Waals surface area (Å²) in [5.74, 6) is -0.114. The summed E-state index contributed by atoms with van der Waals surface area (Å²) < 4.78 is 4.99. The van der Waals surface area contributed by atoms with Crippen molar-refractivity contribution in [1.29, 1.82) is 0 Å². The maximum atomic E-state index is 12.3. The number of aromatic hydroxyl groups is 1. The third-order valence-electron chi connectivity index (χ3n) is 4.11. The minimum absolute atomic E-state index is 0.175. The predicted octanol–water partition coefficient (Wildman–Crippen LogP) is 2.66. The van der Waals surface area contributed by atoms with Gasteiger partial charge in [-0.05, 0) is 35.2 Å². The van der Waals surface area contributed by atoms with Crippen molar-refractivity contribution in [3.8, 4) is 5.75 Å². The summed E-state index contributed by atoms with van der Waals surface area (Å²) in [6.07, 6.45) is 0.857. The Kier molecular flexibility index (Phi) is 4.11. The second kappa shape index (κ2) is 6.20. The molecule has 0 aliphatic carbocycles. The van der Waals surface area contributed by atoms with Crippen molar-refractivity contribution in [1.82, 2.24) is 4.90 Å². The SMILES string of the molecule is COC(=O)C1c2cc(O)ccc2CCN1Cc1ccccc1. The molecule has 0 aromatic heterocycles. The average Bonchev–Trinajstić information content (AvgIpc) is 2.55. The number of esters is 1. The molecule has 0 saturated heterocycles. The van der Waals surface area contributed by atoms with Gasteiger partial charge in [0, 0.05) is 13.1 Å². The lowest BCUT2D eigenvalue weighted by molar-refractivity contribution is -0.148. The van der Waals surface area contributed by atoms with E-state index in [1.807, 2.05) is 36.4 Å². The summed E-state index contributed by atoms with van der Waals surface area (Å²) in [5.41, 5.74) is 3.09. The van der Waals surface area contributed by atoms with Gasteiger partial charge in [-0.2, -0.15) is 0 Å². The maximum Gasteiger partial charge on any atom is 0.327 e. The highest BCUT2D eigenvalue weighted by atomic mass is 16.5. The molecule has 0 amide bonds. The summed E-state index contributed by atoms with van der Waals surface area (Å²) >= 11 is 0. The van der Waals surface area contributed by atoms with Crippen LogP contribution in [0.4, 0.5) is 0 Å². The molecule has 1 N–H and O–H groups in total. The van der Waals surface area contributed by atoms with E-state index in [0.717, 1.165) is 29.7 Å². The summed E-state index contributed by atoms with van der Waals surface area (Å²) in [6.45, 7) is 1.46. The Hall–Kier alpha value is -2.33. The van der Waals surface area contributed by atoms with E-state index in [2.05, 4.69) is 4.90 Å². The maximum absolute atomic E-state index is 12.3. The zero-order valence-electron chi connectivity index (χ0n) is 12.5. The number of carbonyl (C=O) groups excluding carboxylic acids is 1. The third-order valence-corrected chi connectivity index (χ3v) is 4.11. The van der Waals surface area contributed by atoms with Crippen LogP contribution in [-0.2, 0) is 22.5 Å². The van der Waals surface area contributed by atoms with Gasteiger partial charge in [0.15, 0.2) is 0 Å². The van der Waals surface area contributed by atoms with E-state index in [-0.39, 0.29) is 11.7 Å². The smallest absolute Gasteiger partial charge is 0.327 e. The van der Waals surface area contributed by atoms with E-state index in [1.165, 1.54) is 7.11 Å². The molecule has 4 heteroatoms. The number of hydrogen-bond acceptors (Lipinski definition) is 4. The lowest BCUT2D eigenvalue weighted by atomic mass is 9.92. The molecular weight excluding hydrogens is 278 g/mol. The topological polar surface area (TPSA) is 49.8 Å². The van der Waals surface area contributed by atoms with E-state index in [0.29, 0.717) is 6.54 Å². The van der Waals surface area contributed by atoms with Gasteiger partial charge in [-0.25, -0.2) is 4.79 Å². The van der Waals surface area contributed by atoms with Gasteiger partial charge < -0.3 is 9.84 Å². The van der Waals surface area contributed by atoms with Crippen LogP contribution in [0.5, 0.6) is 5.75 Å². The minimum Gasteiger partial charge on any atom is -0.508 e. The summed E-state index contributed by atoms with van der Waals surface area (Å²) in [4.78, 5) is 14.4. The number of phenols is 1. The Morgan fingerprint density at radius 3 is 2.77 bits per heavy atom. The normalized spacial score (nSPS) is 17.8. The van der Waals surface area contributed by atoms with Crippen LogP contribution in [0.2, 0.25) is 0 Å². The fraction of sp³-hybridized carbons (Fsp3) is 0.278. The van der Waals surface area contributed by atoms with E-state index >= 15 is 0 Å². The number of carbonyl (C=O) groups is 1. The van der Waals surface area contributed by atoms with Crippen molar-refractivity contribution in [2.75, 3.05) is 13.7 Å². The van der Waals surface area contributed by atoms with Gasteiger partial charge in [-0.1, -0.05) is 36.4 Å². The number of ether oxygens (including phenoxy) is 1. The van der Waals surface area contributed by atoms with Crippen molar-refractivity contribution in [2.24, 2.45) is 0 Å². The first-order valence-corrected chi connectivity index (χ1v) is 7.36. The van der Waals surface area contributed by atoms with Crippen molar-refractivity contribution < 1.29 is 14.6 Å². The van der Waals surface area contributed by atoms with Gasteiger partial charge >= 0.3 is 5.97 Å². The first-order chi connectivity index (χ1) is 10.7. The van der Waals surface area contributed by atoms with E-state index in [1.54, 1.807) is 12.1 Å². The highest BCUT2D eigenvalue weighted by Crippen LogP contribution is 2.34. The van der Waals surface area contributed by atoms with Gasteiger partial charge in [0.1, 0.15) is 11.8 Å². The molecule has 0 fully saturated rings. The van der Waals surface area contributed by atoms with Crippen LogP contribution in [0, 0.1) is 0 Å². The van der Waals surface area contributed by atoms with E-state index < -0.39 is 6.04 Å². The number of phenolic OH excluding ortho intramolecular Hbond substituents is 1. The van der Waals surface area contributed by atoms with Crippen molar-refractivity contribution >= 4 is 5.97 Å². The van der Waals surface area contributed by atoms with Gasteiger partial charge in [0.05, 0.1) is 7.11 Å². The number of hydrogen-bond donors (Lipinski definition) is 1. The summed E-state index contributed by atoms with van der Waals surface area (Å²) in [5, 5.41) is 9.77. The largest absolute Gasteiger partial charge is 0.508 e. The molecule has 2 aromatic rings. The molecular formula is C18H19NO3. The Balaban J connectivity index is 1.95. The standard InChI is InChI=1S/C18H19NO3/c1-22-18(21)17-16-11-15(20)8-7-14(16)9-10-19(17)12-13-5-3-2-4-6-13/h2-8,11,17,20H,9-10,12H2,1H3. The monoisotopic (exact) mass is 297 g/mol. The molecule has 22 heavy (non-hydrogen) atoms. The van der Waals surface area contributed by atoms with Crippen LogP contribution >= 0.6 is 0 Å². The van der Waals surface area contributed by atoms with Crippen LogP contribution < -0.4 is 0 Å². The summed E-state index contributed by atoms with van der Waals surface area (Å²) in [7, 11) is 1.40. The molecule has 1 heterocycles. The number of benzene rings is 2. The molecule has 114 valence electrons. The molecule has 1 unspecified atom stereocenters. The van der Waals surface area contributed by atoms with Crippen molar-refractivity contribution in [3.05, 3.63) is 65.2 Å². The second-order valence-electron chi connectivity index (χ2n) is 5.51. The molecule has 1 aliphatic rings. The minimum atomic E-state index is -0.471. The fourth-order valence-corrected chi connectivity index (χ4v) is 3.03. The van der Waals surface area contributed by atoms with Crippen LogP contribution in [-0.4, -0.2) is 29.6 Å². The lowest BCUT2D eigenvalue weighted by Crippen LogP contribution is -2.39. The molecule has 1 atom stereocenters. The van der Waals surface area contributed by atoms with Crippen LogP contribution in [0.15, 0.2) is 48.5 Å². The zero-order valence-corrected chi connectivity index (χ0v) is 12.5. The molecule has 0 saturated carbocycles. The zero-order chi connectivity index (χ0) is 15.5. The molecule has 0 radical (unpaired) electrons. The van der Waals surface area contributed by atoms with Crippen LogP contribution in [0.25, 0.3) is 0 Å². The van der Waals surface area contributed by atoms with E-state index in [9.17, 15) is 9.90 Å². The Labute approximate surface area is 130 Å². The quantitative estimate of drug-likeness (QED) is 0.885. The highest BCUT2D eigenvalue weighted by molar-refractivity contribution is 5.78. The van der Waals surface area contributed by atoms with Crippen molar-refractivity contribution in [2.45, 2.75) is 19.0 Å².